The molecule has 1 aromatic heterocycles. The molecule has 1 unspecified atom stereocenters. The minimum absolute atomic E-state index is 0.167. The van der Waals surface area contributed by atoms with Crippen molar-refractivity contribution in [3.8, 4) is 11.5 Å². The summed E-state index contributed by atoms with van der Waals surface area (Å²) in [6.07, 6.45) is 1.99. The summed E-state index contributed by atoms with van der Waals surface area (Å²) in [6.45, 7) is 3.86. The Morgan fingerprint density at radius 1 is 0.763 bits per heavy atom. The molecular formula is C34H32N2O2. The van der Waals surface area contributed by atoms with Crippen molar-refractivity contribution >= 4 is 32.6 Å². The molecule has 0 aliphatic carbocycles. The molecule has 0 aliphatic rings. The van der Waals surface area contributed by atoms with Gasteiger partial charge in [0.15, 0.2) is 0 Å². The highest BCUT2D eigenvalue weighted by molar-refractivity contribution is 5.88. The topological polar surface area (TPSA) is 36.3 Å². The van der Waals surface area contributed by atoms with Gasteiger partial charge >= 0.3 is 0 Å². The zero-order chi connectivity index (χ0) is 25.9. The van der Waals surface area contributed by atoms with Crippen LogP contribution in [0.25, 0.3) is 32.6 Å². The summed E-state index contributed by atoms with van der Waals surface area (Å²) in [5, 5.41) is 4.77. The van der Waals surface area contributed by atoms with Crippen LogP contribution >= 0.6 is 0 Å². The number of aryl methyl sites for hydroxylation is 1. The molecule has 4 heteroatoms. The third kappa shape index (κ3) is 4.70. The zero-order valence-corrected chi connectivity index (χ0v) is 21.9. The number of para-hydroxylation sites is 2. The minimum Gasteiger partial charge on any atom is -0.497 e. The highest BCUT2D eigenvalue weighted by Crippen LogP contribution is 2.31. The van der Waals surface area contributed by atoms with Gasteiger partial charge in [-0.2, -0.15) is 0 Å². The van der Waals surface area contributed by atoms with Gasteiger partial charge in [-0.05, 0) is 64.9 Å². The first-order chi connectivity index (χ1) is 18.7. The maximum Gasteiger partial charge on any atom is 0.127 e. The van der Waals surface area contributed by atoms with Gasteiger partial charge in [-0.3, -0.25) is 0 Å². The minimum atomic E-state index is 0.167. The molecular weight excluding hydrogens is 468 g/mol. The molecule has 38 heavy (non-hydrogen) atoms. The maximum absolute atomic E-state index is 6.20. The maximum atomic E-state index is 6.20. The number of unbranched alkanes of at least 4 members (excludes halogenated alkanes) is 1. The Balaban J connectivity index is 1.20. The molecule has 1 heterocycles. The molecule has 5 aromatic carbocycles. The highest BCUT2D eigenvalue weighted by atomic mass is 16.5. The van der Waals surface area contributed by atoms with Gasteiger partial charge in [0, 0.05) is 17.8 Å². The first kappa shape index (κ1) is 24.1. The van der Waals surface area contributed by atoms with Crippen LogP contribution in [0.15, 0.2) is 103 Å². The Morgan fingerprint density at radius 3 is 2.47 bits per heavy atom. The molecule has 0 radical (unpaired) electrons. The zero-order valence-electron chi connectivity index (χ0n) is 21.9. The Morgan fingerprint density at radius 2 is 1.55 bits per heavy atom. The number of methoxy groups -OCH3 is 1. The second-order valence-electron chi connectivity index (χ2n) is 9.84. The lowest BCUT2D eigenvalue weighted by atomic mass is 9.97. The average Bonchev–Trinajstić information content (AvgIpc) is 3.34. The first-order valence-corrected chi connectivity index (χ1v) is 13.3. The Kier molecular flexibility index (Phi) is 6.70. The average molecular weight is 501 g/mol. The SMILES string of the molecule is COc1ccc2cc(C(C)c3nc4ccccc4n3CCCCOc3cccc4ccccc34)ccc2c1. The van der Waals surface area contributed by atoms with Crippen molar-refractivity contribution in [3.05, 3.63) is 115 Å². The van der Waals surface area contributed by atoms with E-state index in [-0.39, 0.29) is 5.92 Å². The van der Waals surface area contributed by atoms with E-state index in [1.807, 2.05) is 6.07 Å². The molecule has 6 rings (SSSR count). The van der Waals surface area contributed by atoms with Crippen LogP contribution in [-0.4, -0.2) is 23.3 Å². The molecule has 0 saturated carbocycles. The standard InChI is InChI=1S/C34H32N2O2/c1-24(26-16-17-28-23-29(37-2)19-18-27(28)22-26)34-35-31-13-5-6-14-32(31)36(34)20-7-8-21-38-33-15-9-11-25-10-3-4-12-30(25)33/h3-6,9-19,22-24H,7-8,20-21H2,1-2H3. The number of hydrogen-bond donors (Lipinski definition) is 0. The molecule has 1 atom stereocenters. The van der Waals surface area contributed by atoms with Crippen molar-refractivity contribution < 1.29 is 9.47 Å². The third-order valence-electron chi connectivity index (χ3n) is 7.43. The van der Waals surface area contributed by atoms with Crippen LogP contribution in [0.3, 0.4) is 0 Å². The predicted molar refractivity (Wildman–Crippen MR) is 156 cm³/mol. The van der Waals surface area contributed by atoms with E-state index in [2.05, 4.69) is 109 Å². The van der Waals surface area contributed by atoms with Crippen LogP contribution in [0.5, 0.6) is 11.5 Å². The number of fused-ring (bicyclic) bond motifs is 3. The summed E-state index contributed by atoms with van der Waals surface area (Å²) in [6, 6.07) is 36.0. The normalized spacial score (nSPS) is 12.3. The fourth-order valence-corrected chi connectivity index (χ4v) is 5.32. The Hall–Kier alpha value is -4.31. The van der Waals surface area contributed by atoms with Gasteiger partial charge in [-0.25, -0.2) is 4.98 Å². The largest absolute Gasteiger partial charge is 0.497 e. The fourth-order valence-electron chi connectivity index (χ4n) is 5.32. The van der Waals surface area contributed by atoms with Gasteiger partial charge < -0.3 is 14.0 Å². The van der Waals surface area contributed by atoms with Crippen LogP contribution < -0.4 is 9.47 Å². The molecule has 190 valence electrons. The molecule has 6 aromatic rings. The first-order valence-electron chi connectivity index (χ1n) is 13.3. The Labute approximate surface area is 223 Å². The number of hydrogen-bond acceptors (Lipinski definition) is 3. The van der Waals surface area contributed by atoms with E-state index in [1.165, 1.54) is 32.6 Å². The van der Waals surface area contributed by atoms with Gasteiger partial charge in [0.2, 0.25) is 0 Å². The van der Waals surface area contributed by atoms with Crippen LogP contribution in [0, 0.1) is 0 Å². The smallest absolute Gasteiger partial charge is 0.127 e. The monoisotopic (exact) mass is 500 g/mol. The van der Waals surface area contributed by atoms with Crippen LogP contribution in [0.2, 0.25) is 0 Å². The molecule has 0 spiro atoms. The van der Waals surface area contributed by atoms with Crippen molar-refractivity contribution in [1.82, 2.24) is 9.55 Å². The predicted octanol–water partition coefficient (Wildman–Crippen LogP) is 8.36. The molecule has 0 amide bonds. The number of imidazole rings is 1. The van der Waals surface area contributed by atoms with E-state index in [9.17, 15) is 0 Å². The summed E-state index contributed by atoms with van der Waals surface area (Å²) in [7, 11) is 1.71. The van der Waals surface area contributed by atoms with Gasteiger partial charge in [0.05, 0.1) is 24.8 Å². The second kappa shape index (κ2) is 10.6. The molecule has 4 nitrogen and oxygen atoms in total. The molecule has 0 saturated heterocycles. The Bertz CT molecular complexity index is 1710. The van der Waals surface area contributed by atoms with Crippen LogP contribution in [0.4, 0.5) is 0 Å². The quantitative estimate of drug-likeness (QED) is 0.187. The number of nitrogens with zero attached hydrogens (tertiary/aromatic N) is 2. The van der Waals surface area contributed by atoms with Crippen LogP contribution in [-0.2, 0) is 6.54 Å². The number of aromatic nitrogens is 2. The van der Waals surface area contributed by atoms with Gasteiger partial charge in [0.25, 0.3) is 0 Å². The summed E-state index contributed by atoms with van der Waals surface area (Å²) < 4.78 is 14.0. The van der Waals surface area contributed by atoms with Gasteiger partial charge in [0.1, 0.15) is 17.3 Å². The van der Waals surface area contributed by atoms with E-state index in [4.69, 9.17) is 14.5 Å². The molecule has 0 aliphatic heterocycles. The van der Waals surface area contributed by atoms with Gasteiger partial charge in [-0.1, -0.05) is 79.7 Å². The van der Waals surface area contributed by atoms with Crippen molar-refractivity contribution in [2.75, 3.05) is 13.7 Å². The molecule has 0 N–H and O–H groups in total. The second-order valence-corrected chi connectivity index (χ2v) is 9.84. The molecule has 0 fully saturated rings. The summed E-state index contributed by atoms with van der Waals surface area (Å²) in [5.41, 5.74) is 3.50. The lowest BCUT2D eigenvalue weighted by Crippen LogP contribution is -2.09. The van der Waals surface area contributed by atoms with Crippen molar-refractivity contribution in [2.45, 2.75) is 32.2 Å². The number of rotatable bonds is 9. The summed E-state index contributed by atoms with van der Waals surface area (Å²) >= 11 is 0. The van der Waals surface area contributed by atoms with Crippen LogP contribution in [0.1, 0.15) is 37.1 Å². The van der Waals surface area contributed by atoms with E-state index in [0.29, 0.717) is 6.61 Å². The molecule has 0 bridgehead atoms. The number of ether oxygens (including phenoxy) is 2. The third-order valence-corrected chi connectivity index (χ3v) is 7.43. The lowest BCUT2D eigenvalue weighted by molar-refractivity contribution is 0.306. The van der Waals surface area contributed by atoms with Crippen molar-refractivity contribution in [3.63, 3.8) is 0 Å². The van der Waals surface area contributed by atoms with E-state index in [1.54, 1.807) is 7.11 Å². The van der Waals surface area contributed by atoms with E-state index in [0.717, 1.165) is 42.2 Å². The van der Waals surface area contributed by atoms with E-state index < -0.39 is 0 Å². The van der Waals surface area contributed by atoms with E-state index >= 15 is 0 Å². The van der Waals surface area contributed by atoms with Crippen molar-refractivity contribution in [1.29, 1.82) is 0 Å². The summed E-state index contributed by atoms with van der Waals surface area (Å²) in [4.78, 5) is 5.09. The van der Waals surface area contributed by atoms with Crippen molar-refractivity contribution in [2.24, 2.45) is 0 Å². The highest BCUT2D eigenvalue weighted by Gasteiger charge is 2.18. The fraction of sp³-hybridized carbons (Fsp3) is 0.206. The summed E-state index contributed by atoms with van der Waals surface area (Å²) in [5.74, 6) is 3.11. The number of benzene rings is 5. The van der Waals surface area contributed by atoms with Gasteiger partial charge in [-0.15, -0.1) is 0 Å². The lowest BCUT2D eigenvalue weighted by Gasteiger charge is -2.16.